The number of carbonyl (C=O) groups excluding carboxylic acids is 3. The summed E-state index contributed by atoms with van der Waals surface area (Å²) < 4.78 is 23.3. The van der Waals surface area contributed by atoms with Gasteiger partial charge in [0.05, 0.1) is 37.6 Å². The van der Waals surface area contributed by atoms with Crippen LogP contribution in [0.1, 0.15) is 64.9 Å². The molecule has 2 saturated heterocycles. The summed E-state index contributed by atoms with van der Waals surface area (Å²) in [4.78, 5) is 39.8. The monoisotopic (exact) mass is 468 g/mol. The fourth-order valence-electron chi connectivity index (χ4n) is 8.82. The molecule has 9 unspecified atom stereocenters. The summed E-state index contributed by atoms with van der Waals surface area (Å²) in [6.45, 7) is 8.14. The Balaban J connectivity index is 1.56. The number of carbonyl (C=O) groups is 3. The standard InChI is InChI=1S/C27H32O7/c1-13-15(14-7-9-32-12-14)10-16-20(13)27(4)17(11-19(29)31-5)26(3)18(28)6-8-25(2)22(26)21(23(27)33-16)34-24(25)30/h7,9,12,15-17,21-23H,6,8,10-11H2,1-5H3. The Bertz CT molecular complexity index is 1120. The van der Waals surface area contributed by atoms with E-state index in [4.69, 9.17) is 18.6 Å². The van der Waals surface area contributed by atoms with Crippen LogP contribution >= 0.6 is 0 Å². The average Bonchev–Trinajstić information content (AvgIpc) is 3.54. The van der Waals surface area contributed by atoms with Crippen LogP contribution in [0.15, 0.2) is 34.2 Å². The van der Waals surface area contributed by atoms with Gasteiger partial charge in [0, 0.05) is 29.1 Å². The second-order valence-electron chi connectivity index (χ2n) is 11.6. The number of hydrogen-bond acceptors (Lipinski definition) is 7. The van der Waals surface area contributed by atoms with E-state index in [0.717, 1.165) is 17.6 Å². The Labute approximate surface area is 199 Å². The molecule has 2 saturated carbocycles. The van der Waals surface area contributed by atoms with E-state index in [1.165, 1.54) is 12.7 Å². The molecule has 7 nitrogen and oxygen atoms in total. The minimum Gasteiger partial charge on any atom is -0.472 e. The Morgan fingerprint density at radius 1 is 1.21 bits per heavy atom. The first kappa shape index (κ1) is 22.1. The van der Waals surface area contributed by atoms with Crippen molar-refractivity contribution < 1.29 is 33.0 Å². The molecule has 34 heavy (non-hydrogen) atoms. The van der Waals surface area contributed by atoms with E-state index in [9.17, 15) is 14.4 Å². The molecule has 3 heterocycles. The van der Waals surface area contributed by atoms with Gasteiger partial charge in [-0.25, -0.2) is 0 Å². The van der Waals surface area contributed by atoms with Gasteiger partial charge in [-0.2, -0.15) is 0 Å². The largest absolute Gasteiger partial charge is 0.472 e. The molecule has 182 valence electrons. The summed E-state index contributed by atoms with van der Waals surface area (Å²) in [5.41, 5.74) is 1.15. The first-order valence-electron chi connectivity index (χ1n) is 12.3. The van der Waals surface area contributed by atoms with E-state index < -0.39 is 28.5 Å². The van der Waals surface area contributed by atoms with Crippen molar-refractivity contribution in [3.63, 3.8) is 0 Å². The maximum atomic E-state index is 13.8. The molecule has 4 fully saturated rings. The molecule has 7 heteroatoms. The summed E-state index contributed by atoms with van der Waals surface area (Å²) in [6, 6.07) is 1.98. The molecule has 2 aliphatic heterocycles. The molecule has 0 amide bonds. The Morgan fingerprint density at radius 2 is 1.97 bits per heavy atom. The van der Waals surface area contributed by atoms with Crippen LogP contribution in [0.4, 0.5) is 0 Å². The number of Topliss-reactive ketones (excluding diaryl/α,β-unsaturated/α-hetero) is 1. The first-order chi connectivity index (χ1) is 16.1. The number of methoxy groups -OCH3 is 1. The van der Waals surface area contributed by atoms with E-state index in [1.807, 2.05) is 19.9 Å². The maximum absolute atomic E-state index is 13.8. The predicted molar refractivity (Wildman–Crippen MR) is 119 cm³/mol. The van der Waals surface area contributed by atoms with Gasteiger partial charge >= 0.3 is 11.9 Å². The van der Waals surface area contributed by atoms with Crippen LogP contribution in [0.2, 0.25) is 0 Å². The molecule has 0 spiro atoms. The van der Waals surface area contributed by atoms with E-state index in [-0.39, 0.29) is 48.0 Å². The number of esters is 2. The van der Waals surface area contributed by atoms with Crippen LogP contribution in [0.3, 0.4) is 0 Å². The summed E-state index contributed by atoms with van der Waals surface area (Å²) >= 11 is 0. The molecule has 3 aliphatic carbocycles. The van der Waals surface area contributed by atoms with Gasteiger partial charge in [-0.3, -0.25) is 14.4 Å². The van der Waals surface area contributed by atoms with E-state index in [0.29, 0.717) is 12.8 Å². The average molecular weight is 469 g/mol. The lowest BCUT2D eigenvalue weighted by Gasteiger charge is -2.60. The van der Waals surface area contributed by atoms with Crippen LogP contribution in [-0.2, 0) is 28.6 Å². The van der Waals surface area contributed by atoms with Gasteiger partial charge in [0.15, 0.2) is 0 Å². The third-order valence-electron chi connectivity index (χ3n) is 10.3. The molecule has 0 N–H and O–H groups in total. The van der Waals surface area contributed by atoms with Crippen molar-refractivity contribution in [2.75, 3.05) is 7.11 Å². The molecule has 5 aliphatic rings. The summed E-state index contributed by atoms with van der Waals surface area (Å²) in [5, 5.41) is 0. The number of ether oxygens (including phenoxy) is 3. The van der Waals surface area contributed by atoms with Crippen molar-refractivity contribution in [3.05, 3.63) is 35.3 Å². The highest BCUT2D eigenvalue weighted by atomic mass is 16.6. The molecular formula is C27H32O7. The van der Waals surface area contributed by atoms with Crippen LogP contribution in [0.25, 0.3) is 0 Å². The second kappa shape index (κ2) is 6.84. The molecule has 9 atom stereocenters. The smallest absolute Gasteiger partial charge is 0.312 e. The fourth-order valence-corrected chi connectivity index (χ4v) is 8.82. The minimum absolute atomic E-state index is 0.0997. The SMILES string of the molecule is COC(=O)CC1C2(C)C3=C(C)C(c4ccoc4)CC3OC2C2OC(=O)C3(C)CCC(=O)C1(C)C23. The molecule has 0 aromatic carbocycles. The minimum atomic E-state index is -0.900. The highest BCUT2D eigenvalue weighted by Gasteiger charge is 2.78. The van der Waals surface area contributed by atoms with Gasteiger partial charge in [-0.15, -0.1) is 0 Å². The Kier molecular flexibility index (Phi) is 4.44. The van der Waals surface area contributed by atoms with E-state index >= 15 is 0 Å². The van der Waals surface area contributed by atoms with Crippen molar-refractivity contribution in [1.82, 2.24) is 0 Å². The molecule has 0 bridgehead atoms. The van der Waals surface area contributed by atoms with Crippen molar-refractivity contribution >= 4 is 17.7 Å². The van der Waals surface area contributed by atoms with Crippen LogP contribution < -0.4 is 0 Å². The Hall–Kier alpha value is -2.41. The number of fused-ring (bicyclic) bond motifs is 4. The number of furan rings is 1. The number of ketones is 1. The molecular weight excluding hydrogens is 436 g/mol. The van der Waals surface area contributed by atoms with E-state index in [2.05, 4.69) is 13.8 Å². The molecule has 0 radical (unpaired) electrons. The predicted octanol–water partition coefficient (Wildman–Crippen LogP) is 3.97. The van der Waals surface area contributed by atoms with Gasteiger partial charge in [0.25, 0.3) is 0 Å². The number of allylic oxidation sites excluding steroid dienone is 1. The molecule has 1 aromatic rings. The van der Waals surface area contributed by atoms with Crippen molar-refractivity contribution in [2.45, 2.75) is 77.6 Å². The van der Waals surface area contributed by atoms with Gasteiger partial charge in [0.1, 0.15) is 18.0 Å². The zero-order chi connectivity index (χ0) is 24.2. The summed E-state index contributed by atoms with van der Waals surface area (Å²) in [6.07, 6.45) is 4.04. The van der Waals surface area contributed by atoms with Gasteiger partial charge in [-0.05, 0) is 49.8 Å². The zero-order valence-electron chi connectivity index (χ0n) is 20.4. The van der Waals surface area contributed by atoms with Crippen LogP contribution in [0, 0.1) is 28.1 Å². The normalized spacial score (nSPS) is 46.7. The third kappa shape index (κ3) is 2.39. The summed E-state index contributed by atoms with van der Waals surface area (Å²) in [7, 11) is 1.38. The van der Waals surface area contributed by atoms with Crippen molar-refractivity contribution in [1.29, 1.82) is 0 Å². The third-order valence-corrected chi connectivity index (χ3v) is 10.3. The maximum Gasteiger partial charge on any atom is 0.312 e. The van der Waals surface area contributed by atoms with Crippen LogP contribution in [-0.4, -0.2) is 43.1 Å². The second-order valence-corrected chi connectivity index (χ2v) is 11.6. The lowest BCUT2D eigenvalue weighted by molar-refractivity contribution is -0.197. The fraction of sp³-hybridized carbons (Fsp3) is 0.667. The van der Waals surface area contributed by atoms with Gasteiger partial charge < -0.3 is 18.6 Å². The Morgan fingerprint density at radius 3 is 2.65 bits per heavy atom. The van der Waals surface area contributed by atoms with Gasteiger partial charge in [0.2, 0.25) is 0 Å². The van der Waals surface area contributed by atoms with Gasteiger partial charge in [-0.1, -0.05) is 19.4 Å². The lowest BCUT2D eigenvalue weighted by Crippen LogP contribution is -2.67. The van der Waals surface area contributed by atoms with Crippen LogP contribution in [0.5, 0.6) is 0 Å². The van der Waals surface area contributed by atoms with E-state index in [1.54, 1.807) is 12.5 Å². The van der Waals surface area contributed by atoms with Crippen molar-refractivity contribution in [3.8, 4) is 0 Å². The topological polar surface area (TPSA) is 92.0 Å². The number of rotatable bonds is 3. The quantitative estimate of drug-likeness (QED) is 0.490. The molecule has 6 rings (SSSR count). The number of hydrogen-bond donors (Lipinski definition) is 0. The van der Waals surface area contributed by atoms with Crippen molar-refractivity contribution in [2.24, 2.45) is 28.1 Å². The highest BCUT2D eigenvalue weighted by molar-refractivity contribution is 5.92. The zero-order valence-corrected chi connectivity index (χ0v) is 20.4. The highest BCUT2D eigenvalue weighted by Crippen LogP contribution is 2.72. The molecule has 1 aromatic heterocycles. The lowest BCUT2D eigenvalue weighted by atomic mass is 9.40. The first-order valence-corrected chi connectivity index (χ1v) is 12.3. The summed E-state index contributed by atoms with van der Waals surface area (Å²) in [5.74, 6) is -1.02.